The van der Waals surface area contributed by atoms with Crippen LogP contribution < -0.4 is 14.8 Å². The predicted octanol–water partition coefficient (Wildman–Crippen LogP) is -0.612. The molecule has 1 aromatic rings. The number of aliphatic hydroxyl groups excluding tert-OH is 1. The zero-order valence-corrected chi connectivity index (χ0v) is 16.3. The van der Waals surface area contributed by atoms with Crippen LogP contribution in [0.2, 0.25) is 0 Å². The number of rotatable bonds is 9. The van der Waals surface area contributed by atoms with E-state index in [1.54, 1.807) is 18.2 Å². The van der Waals surface area contributed by atoms with Gasteiger partial charge in [0.15, 0.2) is 11.5 Å². The third-order valence-corrected chi connectivity index (χ3v) is 4.74. The Morgan fingerprint density at radius 2 is 1.93 bits per heavy atom. The van der Waals surface area contributed by atoms with Gasteiger partial charge in [-0.25, -0.2) is 4.79 Å². The van der Waals surface area contributed by atoms with Gasteiger partial charge in [-0.2, -0.15) is 8.42 Å². The Bertz CT molecular complexity index is 843. The molecule has 156 valence electrons. The van der Waals surface area contributed by atoms with Crippen molar-refractivity contribution in [2.24, 2.45) is 0 Å². The minimum Gasteiger partial charge on any atom is -0.493 e. The van der Waals surface area contributed by atoms with Crippen LogP contribution in [-0.2, 0) is 25.6 Å². The molecule has 0 spiro atoms. The van der Waals surface area contributed by atoms with Gasteiger partial charge in [0.1, 0.15) is 12.1 Å². The second kappa shape index (κ2) is 8.63. The van der Waals surface area contributed by atoms with Gasteiger partial charge in [-0.15, -0.1) is 0 Å². The molecule has 1 fully saturated rings. The van der Waals surface area contributed by atoms with E-state index in [1.165, 1.54) is 19.1 Å². The fourth-order valence-corrected chi connectivity index (χ4v) is 3.32. The molecule has 3 N–H and O–H groups in total. The molecule has 2 amide bonds. The van der Waals surface area contributed by atoms with Crippen LogP contribution in [0.15, 0.2) is 18.2 Å². The van der Waals surface area contributed by atoms with Gasteiger partial charge in [-0.3, -0.25) is 8.98 Å². The van der Waals surface area contributed by atoms with Crippen LogP contribution in [0.3, 0.4) is 0 Å². The number of likely N-dealkylation sites (tertiary alicyclic amines) is 1. The van der Waals surface area contributed by atoms with Gasteiger partial charge in [0.25, 0.3) is 10.1 Å². The third-order valence-electron chi connectivity index (χ3n) is 4.18. The van der Waals surface area contributed by atoms with Crippen LogP contribution >= 0.6 is 0 Å². The maximum atomic E-state index is 12.4. The first-order valence-corrected chi connectivity index (χ1v) is 9.92. The van der Waals surface area contributed by atoms with Crippen molar-refractivity contribution in [2.75, 3.05) is 27.1 Å². The van der Waals surface area contributed by atoms with Crippen molar-refractivity contribution in [3.05, 3.63) is 23.8 Å². The maximum absolute atomic E-state index is 12.4. The fourth-order valence-electron chi connectivity index (χ4n) is 2.93. The van der Waals surface area contributed by atoms with Crippen LogP contribution in [0.1, 0.15) is 5.56 Å². The van der Waals surface area contributed by atoms with Crippen LogP contribution in [0.5, 0.6) is 11.5 Å². The monoisotopic (exact) mass is 418 g/mol. The van der Waals surface area contributed by atoms with Crippen molar-refractivity contribution in [2.45, 2.75) is 24.7 Å². The number of amides is 2. The summed E-state index contributed by atoms with van der Waals surface area (Å²) in [6.45, 7) is -0.575. The maximum Gasteiger partial charge on any atom is 0.405 e. The van der Waals surface area contributed by atoms with E-state index in [1.807, 2.05) is 5.32 Å². The molecule has 2 rings (SSSR count). The number of benzene rings is 1. The van der Waals surface area contributed by atoms with Crippen LogP contribution in [0.25, 0.3) is 0 Å². The van der Waals surface area contributed by atoms with Gasteiger partial charge in [-0.1, -0.05) is 6.07 Å². The zero-order chi connectivity index (χ0) is 21.1. The van der Waals surface area contributed by atoms with E-state index in [9.17, 15) is 23.1 Å². The Kier molecular flexibility index (Phi) is 6.69. The Hall–Kier alpha value is -2.57. The lowest BCUT2D eigenvalue weighted by atomic mass is 9.89. The van der Waals surface area contributed by atoms with Gasteiger partial charge in [-0.05, 0) is 17.7 Å². The van der Waals surface area contributed by atoms with Crippen LogP contribution in [0, 0.1) is 0 Å². The molecule has 1 saturated heterocycles. The summed E-state index contributed by atoms with van der Waals surface area (Å²) in [4.78, 5) is 24.5. The number of hydrogen-bond acceptors (Lipinski definition) is 8. The molecule has 1 unspecified atom stereocenters. The molecule has 1 heterocycles. The van der Waals surface area contributed by atoms with Gasteiger partial charge < -0.3 is 29.9 Å². The number of hydrogen-bond donors (Lipinski definition) is 3. The normalized spacial score (nSPS) is 20.3. The quantitative estimate of drug-likeness (QED) is 0.352. The Morgan fingerprint density at radius 3 is 2.46 bits per heavy atom. The van der Waals surface area contributed by atoms with Gasteiger partial charge in [0.05, 0.1) is 33.1 Å². The molecule has 0 radical (unpaired) electrons. The molecule has 11 nitrogen and oxygen atoms in total. The van der Waals surface area contributed by atoms with Crippen molar-refractivity contribution < 1.29 is 41.9 Å². The molecule has 0 saturated carbocycles. The van der Waals surface area contributed by atoms with E-state index in [0.717, 1.165) is 6.26 Å². The Labute approximate surface area is 161 Å². The van der Waals surface area contributed by atoms with E-state index in [2.05, 4.69) is 4.18 Å². The highest BCUT2D eigenvalue weighted by Gasteiger charge is 2.51. The molecule has 0 bridgehead atoms. The summed E-state index contributed by atoms with van der Waals surface area (Å²) < 4.78 is 37.2. The molecule has 12 heteroatoms. The minimum atomic E-state index is -3.81. The van der Waals surface area contributed by atoms with Gasteiger partial charge in [0, 0.05) is 6.54 Å². The molecular formula is C16H22N2O9S. The molecule has 28 heavy (non-hydrogen) atoms. The van der Waals surface area contributed by atoms with E-state index in [0.29, 0.717) is 17.1 Å². The third kappa shape index (κ3) is 5.03. The van der Waals surface area contributed by atoms with E-state index < -0.39 is 46.9 Å². The summed E-state index contributed by atoms with van der Waals surface area (Å²) in [5.74, 6) is 0.371. The molecule has 0 aliphatic carbocycles. The number of nitrogens with zero attached hydrogens (tertiary/aromatic N) is 1. The number of carboxylic acid groups (broad SMARTS) is 1. The number of methoxy groups -OCH3 is 2. The largest absolute Gasteiger partial charge is 0.493 e. The molecular weight excluding hydrogens is 396 g/mol. The molecule has 1 aliphatic heterocycles. The van der Waals surface area contributed by atoms with E-state index >= 15 is 0 Å². The number of carbonyl (C=O) groups excluding carboxylic acids is 1. The van der Waals surface area contributed by atoms with Gasteiger partial charge >= 0.3 is 6.09 Å². The highest BCUT2D eigenvalue weighted by atomic mass is 32.2. The topological polar surface area (TPSA) is 152 Å². The summed E-state index contributed by atoms with van der Waals surface area (Å²) in [5, 5.41) is 21.2. The Balaban J connectivity index is 2.20. The standard InChI is InChI=1S/C16H22N2O9S/c1-25-11-5-4-9(6-12(11)26-2)7-18-14(10(19)8-27-28(3,23)24)13(15(18)20)17-16(21)22/h4-6,10,13-14,17,19H,7-8H2,1-3H3,(H,21,22)/t10?,13-,14-/m0/s1. The van der Waals surface area contributed by atoms with Crippen LogP contribution in [0.4, 0.5) is 4.79 Å². The van der Waals surface area contributed by atoms with Crippen molar-refractivity contribution in [3.63, 3.8) is 0 Å². The van der Waals surface area contributed by atoms with E-state index in [-0.39, 0.29) is 6.54 Å². The first-order valence-electron chi connectivity index (χ1n) is 8.10. The lowest BCUT2D eigenvalue weighted by Gasteiger charge is -2.48. The SMILES string of the molecule is COc1ccc(CN2C(=O)[C@@H](NC(=O)O)[C@@H]2C(O)COS(C)(=O)=O)cc1OC. The van der Waals surface area contributed by atoms with Gasteiger partial charge in [0.2, 0.25) is 5.91 Å². The Morgan fingerprint density at radius 1 is 1.29 bits per heavy atom. The number of ether oxygens (including phenoxy) is 2. The molecule has 3 atom stereocenters. The average molecular weight is 418 g/mol. The van der Waals surface area contributed by atoms with E-state index in [4.69, 9.17) is 14.6 Å². The first kappa shape index (κ1) is 21.7. The smallest absolute Gasteiger partial charge is 0.405 e. The zero-order valence-electron chi connectivity index (χ0n) is 15.5. The number of carbonyl (C=O) groups is 2. The molecule has 1 aliphatic rings. The molecule has 0 aromatic heterocycles. The van der Waals surface area contributed by atoms with Crippen molar-refractivity contribution >= 4 is 22.1 Å². The average Bonchev–Trinajstić information content (AvgIpc) is 2.63. The van der Waals surface area contributed by atoms with Crippen LogP contribution in [-0.4, -0.2) is 80.8 Å². The summed E-state index contributed by atoms with van der Waals surface area (Å²) in [6, 6.07) is 2.75. The highest BCUT2D eigenvalue weighted by molar-refractivity contribution is 7.85. The predicted molar refractivity (Wildman–Crippen MR) is 95.6 cm³/mol. The second-order valence-corrected chi connectivity index (χ2v) is 7.77. The second-order valence-electron chi connectivity index (χ2n) is 6.13. The first-order chi connectivity index (χ1) is 13.1. The molecule has 1 aromatic carbocycles. The summed E-state index contributed by atoms with van der Waals surface area (Å²) in [7, 11) is -0.879. The lowest BCUT2D eigenvalue weighted by Crippen LogP contribution is -2.74. The summed E-state index contributed by atoms with van der Waals surface area (Å²) in [5.41, 5.74) is 0.640. The van der Waals surface area contributed by atoms with Crippen molar-refractivity contribution in [1.82, 2.24) is 10.2 Å². The highest BCUT2D eigenvalue weighted by Crippen LogP contribution is 2.31. The van der Waals surface area contributed by atoms with Crippen molar-refractivity contribution in [3.8, 4) is 11.5 Å². The van der Waals surface area contributed by atoms with Crippen molar-refractivity contribution in [1.29, 1.82) is 0 Å². The summed E-state index contributed by atoms with van der Waals surface area (Å²) >= 11 is 0. The number of nitrogens with one attached hydrogen (secondary N) is 1. The minimum absolute atomic E-state index is 0.0393. The number of β-lactam (4-membered cyclic amide) rings is 1. The lowest BCUT2D eigenvalue weighted by molar-refractivity contribution is -0.160. The number of aliphatic hydroxyl groups is 1. The fraction of sp³-hybridized carbons (Fsp3) is 0.500. The summed E-state index contributed by atoms with van der Waals surface area (Å²) in [6.07, 6.45) is -2.05.